The lowest BCUT2D eigenvalue weighted by Gasteiger charge is -2.07. The van der Waals surface area contributed by atoms with Gasteiger partial charge in [0.2, 0.25) is 5.91 Å². The number of hydrogen-bond donors (Lipinski definition) is 3. The Balaban J connectivity index is 3.25. The van der Waals surface area contributed by atoms with Crippen LogP contribution in [0, 0.1) is 0 Å². The summed E-state index contributed by atoms with van der Waals surface area (Å²) in [6.45, 7) is 2.45. The number of unbranched alkanes of at least 4 members (excludes halogenated alkanes) is 10. The summed E-state index contributed by atoms with van der Waals surface area (Å²) in [6, 6.07) is 0. The van der Waals surface area contributed by atoms with E-state index in [1.807, 2.05) is 0 Å². The first-order chi connectivity index (χ1) is 11.1. The number of aliphatic hydroxyl groups is 1. The number of nitrogens with one attached hydrogen (secondary N) is 1. The van der Waals surface area contributed by atoms with Crippen LogP contribution in [-0.2, 0) is 9.59 Å². The van der Waals surface area contributed by atoms with E-state index in [2.05, 4.69) is 12.2 Å². The molecule has 0 aliphatic carbocycles. The second-order valence-electron chi connectivity index (χ2n) is 6.28. The van der Waals surface area contributed by atoms with E-state index in [9.17, 15) is 9.59 Å². The van der Waals surface area contributed by atoms with Crippen molar-refractivity contribution in [3.05, 3.63) is 0 Å². The van der Waals surface area contributed by atoms with Gasteiger partial charge in [0.15, 0.2) is 6.10 Å². The number of carboxylic acids is 1. The normalized spacial score (nSPS) is 12.1. The lowest BCUT2D eigenvalue weighted by atomic mass is 10.1. The van der Waals surface area contributed by atoms with E-state index < -0.39 is 12.1 Å². The number of rotatable bonds is 16. The second-order valence-corrected chi connectivity index (χ2v) is 6.28. The Morgan fingerprint density at radius 3 is 1.83 bits per heavy atom. The van der Waals surface area contributed by atoms with Gasteiger partial charge in [0.25, 0.3) is 0 Å². The summed E-state index contributed by atoms with van der Waals surface area (Å²) in [6.07, 6.45) is 12.9. The lowest BCUT2D eigenvalue weighted by Crippen LogP contribution is -2.29. The van der Waals surface area contributed by atoms with Crippen molar-refractivity contribution in [2.24, 2.45) is 0 Å². The number of hydrogen-bond acceptors (Lipinski definition) is 3. The molecule has 5 heteroatoms. The van der Waals surface area contributed by atoms with Gasteiger partial charge < -0.3 is 15.5 Å². The van der Waals surface area contributed by atoms with Gasteiger partial charge in [0.1, 0.15) is 0 Å². The number of carbonyl (C=O) groups excluding carboxylic acids is 1. The third kappa shape index (κ3) is 15.6. The van der Waals surface area contributed by atoms with Crippen LogP contribution in [0.15, 0.2) is 0 Å². The van der Waals surface area contributed by atoms with Crippen molar-refractivity contribution < 1.29 is 19.8 Å². The molecule has 136 valence electrons. The molecule has 0 heterocycles. The highest BCUT2D eigenvalue weighted by molar-refractivity contribution is 5.76. The molecule has 23 heavy (non-hydrogen) atoms. The molecule has 1 amide bonds. The Labute approximate surface area is 140 Å². The third-order valence-electron chi connectivity index (χ3n) is 4.03. The maximum absolute atomic E-state index is 11.5. The van der Waals surface area contributed by atoms with Crippen molar-refractivity contribution in [2.45, 2.75) is 96.5 Å². The fraction of sp³-hybridized carbons (Fsp3) is 0.889. The van der Waals surface area contributed by atoms with Crippen LogP contribution in [0.2, 0.25) is 0 Å². The molecule has 3 N–H and O–H groups in total. The van der Waals surface area contributed by atoms with Gasteiger partial charge in [-0.2, -0.15) is 0 Å². The Bertz CT molecular complexity index is 307. The van der Waals surface area contributed by atoms with Gasteiger partial charge in [0.05, 0.1) is 0 Å². The summed E-state index contributed by atoms with van der Waals surface area (Å²) in [5, 5.41) is 20.2. The average Bonchev–Trinajstić information content (AvgIpc) is 2.52. The number of carboxylic acid groups (broad SMARTS) is 1. The van der Waals surface area contributed by atoms with Gasteiger partial charge in [-0.1, -0.05) is 71.1 Å². The highest BCUT2D eigenvalue weighted by Gasteiger charge is 2.12. The van der Waals surface area contributed by atoms with E-state index >= 15 is 0 Å². The molecular formula is C18H35NO4. The Morgan fingerprint density at radius 1 is 0.870 bits per heavy atom. The Morgan fingerprint density at radius 2 is 1.35 bits per heavy atom. The molecule has 0 radical (unpaired) electrons. The minimum absolute atomic E-state index is 0.0549. The molecule has 1 unspecified atom stereocenters. The zero-order valence-electron chi connectivity index (χ0n) is 14.7. The molecule has 0 bridgehead atoms. The number of amides is 1. The zero-order chi connectivity index (χ0) is 17.3. The van der Waals surface area contributed by atoms with E-state index in [0.717, 1.165) is 12.8 Å². The van der Waals surface area contributed by atoms with Crippen LogP contribution < -0.4 is 5.32 Å². The van der Waals surface area contributed by atoms with Crippen LogP contribution in [0.4, 0.5) is 0 Å². The first kappa shape index (κ1) is 21.9. The molecule has 0 rings (SSSR count). The summed E-state index contributed by atoms with van der Waals surface area (Å²) in [4.78, 5) is 21.9. The minimum Gasteiger partial charge on any atom is -0.479 e. The van der Waals surface area contributed by atoms with E-state index in [-0.39, 0.29) is 18.9 Å². The molecule has 0 aliphatic rings. The summed E-state index contributed by atoms with van der Waals surface area (Å²) < 4.78 is 0. The first-order valence-electron chi connectivity index (χ1n) is 9.25. The van der Waals surface area contributed by atoms with Gasteiger partial charge in [-0.3, -0.25) is 4.79 Å². The average molecular weight is 329 g/mol. The molecule has 0 saturated carbocycles. The molecule has 0 aromatic rings. The molecule has 0 spiro atoms. The molecule has 1 atom stereocenters. The monoisotopic (exact) mass is 329 g/mol. The largest absolute Gasteiger partial charge is 0.479 e. The van der Waals surface area contributed by atoms with Crippen molar-refractivity contribution in [2.75, 3.05) is 6.54 Å². The Hall–Kier alpha value is -1.10. The van der Waals surface area contributed by atoms with E-state index in [4.69, 9.17) is 10.2 Å². The number of aliphatic hydroxyl groups excluding tert-OH is 1. The van der Waals surface area contributed by atoms with Crippen LogP contribution >= 0.6 is 0 Å². The van der Waals surface area contributed by atoms with E-state index in [0.29, 0.717) is 6.42 Å². The van der Waals surface area contributed by atoms with Gasteiger partial charge in [-0.05, 0) is 6.42 Å². The summed E-state index contributed by atoms with van der Waals surface area (Å²) in [5.74, 6) is -1.30. The third-order valence-corrected chi connectivity index (χ3v) is 4.03. The molecule has 5 nitrogen and oxygen atoms in total. The maximum Gasteiger partial charge on any atom is 0.332 e. The van der Waals surface area contributed by atoms with Crippen LogP contribution in [-0.4, -0.2) is 34.7 Å². The van der Waals surface area contributed by atoms with Crippen LogP contribution in [0.3, 0.4) is 0 Å². The lowest BCUT2D eigenvalue weighted by molar-refractivity contribution is -0.147. The van der Waals surface area contributed by atoms with Crippen LogP contribution in [0.1, 0.15) is 90.4 Å². The molecule has 0 fully saturated rings. The smallest absolute Gasteiger partial charge is 0.332 e. The predicted molar refractivity (Wildman–Crippen MR) is 92.3 cm³/mol. The van der Waals surface area contributed by atoms with Crippen molar-refractivity contribution in [3.63, 3.8) is 0 Å². The zero-order valence-corrected chi connectivity index (χ0v) is 14.7. The van der Waals surface area contributed by atoms with Gasteiger partial charge in [0, 0.05) is 19.4 Å². The van der Waals surface area contributed by atoms with Crippen molar-refractivity contribution >= 4 is 11.9 Å². The summed E-state index contributed by atoms with van der Waals surface area (Å²) >= 11 is 0. The van der Waals surface area contributed by atoms with E-state index in [1.165, 1.54) is 57.8 Å². The maximum atomic E-state index is 11.5. The molecule has 0 aromatic carbocycles. The van der Waals surface area contributed by atoms with Gasteiger partial charge in [-0.15, -0.1) is 0 Å². The van der Waals surface area contributed by atoms with Crippen molar-refractivity contribution in [3.8, 4) is 0 Å². The highest BCUT2D eigenvalue weighted by Crippen LogP contribution is 2.11. The van der Waals surface area contributed by atoms with Crippen molar-refractivity contribution in [1.82, 2.24) is 5.32 Å². The van der Waals surface area contributed by atoms with Gasteiger partial charge in [-0.25, -0.2) is 4.79 Å². The first-order valence-corrected chi connectivity index (χ1v) is 9.25. The van der Waals surface area contributed by atoms with Crippen LogP contribution in [0.25, 0.3) is 0 Å². The molecular weight excluding hydrogens is 294 g/mol. The number of aliphatic carboxylic acids is 1. The van der Waals surface area contributed by atoms with Gasteiger partial charge >= 0.3 is 5.97 Å². The fourth-order valence-electron chi connectivity index (χ4n) is 2.51. The quantitative estimate of drug-likeness (QED) is 0.377. The van der Waals surface area contributed by atoms with Crippen molar-refractivity contribution in [1.29, 1.82) is 0 Å². The summed E-state index contributed by atoms with van der Waals surface area (Å²) in [7, 11) is 0. The summed E-state index contributed by atoms with van der Waals surface area (Å²) in [5.41, 5.74) is 0. The molecule has 0 saturated heterocycles. The molecule has 0 aliphatic heterocycles. The SMILES string of the molecule is CCCCCCCCCCCCCC(=O)NCCC(O)C(=O)O. The molecule has 0 aromatic heterocycles. The fourth-order valence-corrected chi connectivity index (χ4v) is 2.51. The minimum atomic E-state index is -1.39. The van der Waals surface area contributed by atoms with Crippen LogP contribution in [0.5, 0.6) is 0 Å². The number of carbonyl (C=O) groups is 2. The van der Waals surface area contributed by atoms with E-state index in [1.54, 1.807) is 0 Å². The standard InChI is InChI=1S/C18H35NO4/c1-2-3-4-5-6-7-8-9-10-11-12-13-17(21)19-15-14-16(20)18(22)23/h16,20H,2-15H2,1H3,(H,19,21)(H,22,23). The Kier molecular flexibility index (Phi) is 15.0. The topological polar surface area (TPSA) is 86.6 Å². The highest BCUT2D eigenvalue weighted by atomic mass is 16.4. The second kappa shape index (κ2) is 15.8. The predicted octanol–water partition coefficient (Wildman–Crippen LogP) is 3.64.